The van der Waals surface area contributed by atoms with E-state index in [4.69, 9.17) is 21.1 Å². The van der Waals surface area contributed by atoms with Crippen LogP contribution in [0, 0.1) is 13.8 Å². The molecule has 43 heavy (non-hydrogen) atoms. The van der Waals surface area contributed by atoms with Crippen molar-refractivity contribution in [3.05, 3.63) is 147 Å². The monoisotopic (exact) mass is 586 g/mol. The molecular weight excluding hydrogens is 556 g/mol. The number of rotatable bonds is 6. The molecule has 2 aliphatic rings. The van der Waals surface area contributed by atoms with E-state index in [1.54, 1.807) is 0 Å². The van der Waals surface area contributed by atoms with E-state index in [1.807, 2.05) is 67.6 Å². The fourth-order valence-corrected chi connectivity index (χ4v) is 6.33. The number of hydrogen-bond acceptors (Lipinski definition) is 5. The van der Waals surface area contributed by atoms with Gasteiger partial charge in [-0.1, -0.05) is 54.1 Å². The molecule has 0 saturated heterocycles. The van der Waals surface area contributed by atoms with Crippen molar-refractivity contribution < 1.29 is 14.3 Å². The number of aryl methyl sites for hydroxylation is 2. The van der Waals surface area contributed by atoms with Gasteiger partial charge in [-0.15, -0.1) is 0 Å². The fraction of sp³-hybridized carbons (Fsp3) is 0.162. The summed E-state index contributed by atoms with van der Waals surface area (Å²) in [5, 5.41) is 4.19. The van der Waals surface area contributed by atoms with Crippen molar-refractivity contribution in [2.45, 2.75) is 32.9 Å². The van der Waals surface area contributed by atoms with Gasteiger partial charge in [0.25, 0.3) is 0 Å². The van der Waals surface area contributed by atoms with Crippen LogP contribution in [0.1, 0.15) is 50.7 Å². The first-order valence-electron chi connectivity index (χ1n) is 14.5. The Morgan fingerprint density at radius 1 is 0.791 bits per heavy atom. The first-order valence-corrected chi connectivity index (χ1v) is 14.9. The van der Waals surface area contributed by atoms with Crippen LogP contribution in [0.3, 0.4) is 0 Å². The predicted octanol–water partition coefficient (Wildman–Crippen LogP) is 9.29. The van der Waals surface area contributed by atoms with Crippen LogP contribution in [0.4, 0.5) is 17.1 Å². The number of carbonyl (C=O) groups excluding carboxylic acids is 1. The van der Waals surface area contributed by atoms with E-state index in [2.05, 4.69) is 66.5 Å². The Bertz CT molecular complexity index is 1880. The second-order valence-corrected chi connectivity index (χ2v) is 11.6. The zero-order valence-corrected chi connectivity index (χ0v) is 25.0. The lowest BCUT2D eigenvalue weighted by Gasteiger charge is -2.38. The van der Waals surface area contributed by atoms with Gasteiger partial charge < -0.3 is 19.7 Å². The van der Waals surface area contributed by atoms with E-state index in [0.29, 0.717) is 22.1 Å². The highest BCUT2D eigenvalue weighted by molar-refractivity contribution is 6.30. The van der Waals surface area contributed by atoms with E-state index in [1.165, 1.54) is 11.1 Å². The summed E-state index contributed by atoms with van der Waals surface area (Å²) in [6.07, 6.45) is 0. The molecule has 1 spiro atoms. The fourth-order valence-electron chi connectivity index (χ4n) is 6.21. The Morgan fingerprint density at radius 2 is 1.53 bits per heavy atom. The molecule has 1 atom stereocenters. The average molecular weight is 587 g/mol. The molecule has 0 saturated carbocycles. The molecule has 2 aliphatic heterocycles. The smallest absolute Gasteiger partial charge is 0.340 e. The van der Waals surface area contributed by atoms with Crippen molar-refractivity contribution in [3.63, 3.8) is 0 Å². The molecule has 1 unspecified atom stereocenters. The summed E-state index contributed by atoms with van der Waals surface area (Å²) in [7, 11) is 0. The number of anilines is 3. The van der Waals surface area contributed by atoms with Gasteiger partial charge in [0.2, 0.25) is 0 Å². The van der Waals surface area contributed by atoms with Crippen molar-refractivity contribution in [2.75, 3.05) is 16.8 Å². The molecule has 0 aliphatic carbocycles. The Labute approximate surface area is 256 Å². The van der Waals surface area contributed by atoms with E-state index in [0.717, 1.165) is 52.4 Å². The number of ether oxygens (including phenoxy) is 2. The molecule has 0 amide bonds. The molecule has 1 N–H and O–H groups in total. The second kappa shape index (κ2) is 10.5. The van der Waals surface area contributed by atoms with E-state index in [-0.39, 0.29) is 5.97 Å². The topological polar surface area (TPSA) is 50.8 Å². The summed E-state index contributed by atoms with van der Waals surface area (Å²) in [6, 6.07) is 34.0. The van der Waals surface area contributed by atoms with Crippen LogP contribution >= 0.6 is 11.6 Å². The zero-order valence-electron chi connectivity index (χ0n) is 24.3. The lowest BCUT2D eigenvalue weighted by atomic mass is 9.77. The summed E-state index contributed by atoms with van der Waals surface area (Å²) in [6.45, 7) is 7.94. The minimum Gasteiger partial charge on any atom is -0.456 e. The summed E-state index contributed by atoms with van der Waals surface area (Å²) in [5.41, 5.74) is 8.17. The summed E-state index contributed by atoms with van der Waals surface area (Å²) in [5.74, 6) is 0.992. The van der Waals surface area contributed by atoms with Gasteiger partial charge in [-0.2, -0.15) is 0 Å². The number of carbonyl (C=O) groups is 1. The Kier molecular flexibility index (Phi) is 6.63. The Balaban J connectivity index is 1.37. The van der Waals surface area contributed by atoms with Gasteiger partial charge in [-0.25, -0.2) is 4.79 Å². The standard InChI is InChI=1S/C37H31ClN2O3/c1-4-40(22-25-10-6-5-9-23(25)2)28-17-18-31-35(20-28)42-34-19-24(3)33(39-27-15-13-26(38)14-16-27)21-32(34)37(31)30-12-8-7-11-29(30)36(41)43-37/h5-21,39H,4,22H2,1-3H3. The van der Waals surface area contributed by atoms with Crippen LogP contribution < -0.4 is 15.0 Å². The molecule has 0 fully saturated rings. The van der Waals surface area contributed by atoms with Gasteiger partial charge >= 0.3 is 5.97 Å². The average Bonchev–Trinajstić information content (AvgIpc) is 3.31. The summed E-state index contributed by atoms with van der Waals surface area (Å²) < 4.78 is 13.1. The van der Waals surface area contributed by atoms with Crippen molar-refractivity contribution in [1.82, 2.24) is 0 Å². The third-order valence-corrected chi connectivity index (χ3v) is 8.79. The first kappa shape index (κ1) is 27.1. The maximum atomic E-state index is 13.4. The van der Waals surface area contributed by atoms with Crippen LogP contribution in [0.2, 0.25) is 5.02 Å². The van der Waals surface area contributed by atoms with Crippen LogP contribution in [-0.2, 0) is 16.9 Å². The van der Waals surface area contributed by atoms with Crippen molar-refractivity contribution in [1.29, 1.82) is 0 Å². The molecule has 214 valence electrons. The van der Waals surface area contributed by atoms with Crippen LogP contribution in [0.15, 0.2) is 103 Å². The first-order chi connectivity index (χ1) is 20.9. The maximum absolute atomic E-state index is 13.4. The van der Waals surface area contributed by atoms with Crippen molar-refractivity contribution in [3.8, 4) is 11.5 Å². The minimum absolute atomic E-state index is 0.346. The number of esters is 1. The largest absolute Gasteiger partial charge is 0.456 e. The third kappa shape index (κ3) is 4.52. The molecule has 2 heterocycles. The summed E-state index contributed by atoms with van der Waals surface area (Å²) >= 11 is 6.12. The Hall–Kier alpha value is -4.74. The maximum Gasteiger partial charge on any atom is 0.340 e. The van der Waals surface area contributed by atoms with Gasteiger partial charge in [-0.3, -0.25) is 0 Å². The van der Waals surface area contributed by atoms with Gasteiger partial charge in [0.05, 0.1) is 5.56 Å². The molecule has 0 radical (unpaired) electrons. The SMILES string of the molecule is CCN(Cc1ccccc1C)c1ccc2c(c1)Oc1cc(C)c(Nc3ccc(Cl)cc3)cc1C21OC(=O)c2ccccc21. The van der Waals surface area contributed by atoms with Crippen LogP contribution in [-0.4, -0.2) is 12.5 Å². The van der Waals surface area contributed by atoms with Gasteiger partial charge in [0, 0.05) is 57.9 Å². The highest BCUT2D eigenvalue weighted by Gasteiger charge is 2.53. The van der Waals surface area contributed by atoms with E-state index < -0.39 is 5.60 Å². The van der Waals surface area contributed by atoms with Crippen molar-refractivity contribution in [2.24, 2.45) is 0 Å². The second-order valence-electron chi connectivity index (χ2n) is 11.1. The molecule has 0 aromatic heterocycles. The molecule has 5 nitrogen and oxygen atoms in total. The Morgan fingerprint density at radius 3 is 2.33 bits per heavy atom. The lowest BCUT2D eigenvalue weighted by molar-refractivity contribution is 0.0224. The molecule has 0 bridgehead atoms. The third-order valence-electron chi connectivity index (χ3n) is 8.53. The minimum atomic E-state index is -1.15. The molecule has 5 aromatic rings. The quantitative estimate of drug-likeness (QED) is 0.201. The van der Waals surface area contributed by atoms with Gasteiger partial charge in [0.15, 0.2) is 5.60 Å². The predicted molar refractivity (Wildman–Crippen MR) is 172 cm³/mol. The van der Waals surface area contributed by atoms with Crippen LogP contribution in [0.5, 0.6) is 11.5 Å². The highest BCUT2D eigenvalue weighted by Crippen LogP contribution is 2.57. The molecule has 5 aromatic carbocycles. The molecular formula is C37H31ClN2O3. The number of nitrogens with one attached hydrogen (secondary N) is 1. The number of halogens is 1. The van der Waals surface area contributed by atoms with Gasteiger partial charge in [0.1, 0.15) is 11.5 Å². The van der Waals surface area contributed by atoms with E-state index >= 15 is 0 Å². The number of nitrogens with zero attached hydrogens (tertiary/aromatic N) is 1. The van der Waals surface area contributed by atoms with E-state index in [9.17, 15) is 4.79 Å². The normalized spacial score (nSPS) is 16.1. The van der Waals surface area contributed by atoms with Gasteiger partial charge in [-0.05, 0) is 92.1 Å². The number of fused-ring (bicyclic) bond motifs is 6. The molecule has 6 heteroatoms. The number of hydrogen-bond donors (Lipinski definition) is 1. The zero-order chi connectivity index (χ0) is 29.7. The van der Waals surface area contributed by atoms with Crippen molar-refractivity contribution >= 4 is 34.6 Å². The number of benzene rings is 5. The van der Waals surface area contributed by atoms with Crippen LogP contribution in [0.25, 0.3) is 0 Å². The summed E-state index contributed by atoms with van der Waals surface area (Å²) in [4.78, 5) is 15.7. The lowest BCUT2D eigenvalue weighted by Crippen LogP contribution is -2.33. The highest BCUT2D eigenvalue weighted by atomic mass is 35.5. The molecule has 7 rings (SSSR count).